The highest BCUT2D eigenvalue weighted by atomic mass is 15.2. The van der Waals surface area contributed by atoms with E-state index in [1.54, 1.807) is 0 Å². The number of likely N-dealkylation sites (N-methyl/N-ethyl adjacent to an activating group) is 1. The number of nitrogens with zero attached hydrogens (tertiary/aromatic N) is 1. The molecule has 0 saturated carbocycles. The van der Waals surface area contributed by atoms with Crippen LogP contribution in [0.1, 0.15) is 39.5 Å². The van der Waals surface area contributed by atoms with Gasteiger partial charge in [0, 0.05) is 26.2 Å². The zero-order chi connectivity index (χ0) is 9.94. The summed E-state index contributed by atoms with van der Waals surface area (Å²) in [5.74, 6) is 0. The second-order valence-corrected chi connectivity index (χ2v) is 3.76. The highest BCUT2D eigenvalue weighted by Gasteiger charge is 2.01. The van der Waals surface area contributed by atoms with Crippen molar-refractivity contribution in [1.29, 1.82) is 0 Å². The first-order valence-corrected chi connectivity index (χ1v) is 5.70. The van der Waals surface area contributed by atoms with Crippen LogP contribution in [-0.2, 0) is 0 Å². The minimum absolute atomic E-state index is 1.16. The van der Waals surface area contributed by atoms with Crippen LogP contribution in [0, 0.1) is 0 Å². The van der Waals surface area contributed by atoms with Gasteiger partial charge in [-0.3, -0.25) is 0 Å². The van der Waals surface area contributed by atoms with Crippen LogP contribution in [0.2, 0.25) is 0 Å². The predicted octanol–water partition coefficient (Wildman–Crippen LogP) is 2.11. The van der Waals surface area contributed by atoms with Gasteiger partial charge in [0.15, 0.2) is 0 Å². The molecule has 80 valence electrons. The Morgan fingerprint density at radius 2 is 1.46 bits per heavy atom. The standard InChI is InChI=1S/C6H14.C5H12N2/c1-3-5-6-4-2;1-7-4-2-6-3-5-7/h3-6H2,1-2H3;6H,2-5H2,1H3. The molecule has 1 saturated heterocycles. The smallest absolute Gasteiger partial charge is 0.0104 e. The van der Waals surface area contributed by atoms with Crippen molar-refractivity contribution in [3.05, 3.63) is 0 Å². The summed E-state index contributed by atoms with van der Waals surface area (Å²) in [7, 11) is 2.15. The molecular weight excluding hydrogens is 160 g/mol. The molecular formula is C11H26N2. The molecule has 1 fully saturated rings. The lowest BCUT2D eigenvalue weighted by Crippen LogP contribution is -2.40. The fourth-order valence-electron chi connectivity index (χ4n) is 1.28. The van der Waals surface area contributed by atoms with E-state index >= 15 is 0 Å². The van der Waals surface area contributed by atoms with E-state index in [0.29, 0.717) is 0 Å². The van der Waals surface area contributed by atoms with Crippen molar-refractivity contribution in [2.24, 2.45) is 0 Å². The molecule has 2 nitrogen and oxygen atoms in total. The normalized spacial score (nSPS) is 17.8. The molecule has 0 radical (unpaired) electrons. The van der Waals surface area contributed by atoms with E-state index in [9.17, 15) is 0 Å². The van der Waals surface area contributed by atoms with Crippen LogP contribution in [0.5, 0.6) is 0 Å². The fraction of sp³-hybridized carbons (Fsp3) is 1.00. The van der Waals surface area contributed by atoms with Crippen LogP contribution in [0.4, 0.5) is 0 Å². The number of hydrogen-bond acceptors (Lipinski definition) is 2. The van der Waals surface area contributed by atoms with Gasteiger partial charge in [0.1, 0.15) is 0 Å². The molecule has 0 aromatic heterocycles. The molecule has 0 spiro atoms. The lowest BCUT2D eigenvalue weighted by molar-refractivity contribution is 0.291. The first kappa shape index (κ1) is 12.9. The molecule has 1 N–H and O–H groups in total. The summed E-state index contributed by atoms with van der Waals surface area (Å²) < 4.78 is 0. The molecule has 2 heteroatoms. The second kappa shape index (κ2) is 10.0. The average Bonchev–Trinajstić information content (AvgIpc) is 2.17. The van der Waals surface area contributed by atoms with Gasteiger partial charge in [-0.2, -0.15) is 0 Å². The highest BCUT2D eigenvalue weighted by molar-refractivity contribution is 4.62. The summed E-state index contributed by atoms with van der Waals surface area (Å²) in [6.45, 7) is 9.21. The first-order chi connectivity index (χ1) is 6.31. The van der Waals surface area contributed by atoms with Crippen molar-refractivity contribution in [2.75, 3.05) is 33.2 Å². The number of hydrogen-bond donors (Lipinski definition) is 1. The summed E-state index contributed by atoms with van der Waals surface area (Å²) in [5, 5.41) is 3.27. The molecule has 0 amide bonds. The average molecular weight is 186 g/mol. The quantitative estimate of drug-likeness (QED) is 0.679. The Hall–Kier alpha value is -0.0800. The predicted molar refractivity (Wildman–Crippen MR) is 60.2 cm³/mol. The second-order valence-electron chi connectivity index (χ2n) is 3.76. The maximum Gasteiger partial charge on any atom is 0.0104 e. The van der Waals surface area contributed by atoms with E-state index in [0.717, 1.165) is 13.1 Å². The lowest BCUT2D eigenvalue weighted by atomic mass is 10.2. The fourth-order valence-corrected chi connectivity index (χ4v) is 1.28. The van der Waals surface area contributed by atoms with Crippen LogP contribution in [0.3, 0.4) is 0 Å². The lowest BCUT2D eigenvalue weighted by Gasteiger charge is -2.21. The Balaban J connectivity index is 0.000000226. The van der Waals surface area contributed by atoms with Gasteiger partial charge in [0.2, 0.25) is 0 Å². The molecule has 13 heavy (non-hydrogen) atoms. The van der Waals surface area contributed by atoms with Crippen molar-refractivity contribution < 1.29 is 0 Å². The van der Waals surface area contributed by atoms with Crippen molar-refractivity contribution in [3.8, 4) is 0 Å². The summed E-state index contributed by atoms with van der Waals surface area (Å²) in [4.78, 5) is 2.33. The van der Waals surface area contributed by atoms with Crippen molar-refractivity contribution >= 4 is 0 Å². The van der Waals surface area contributed by atoms with Crippen molar-refractivity contribution in [3.63, 3.8) is 0 Å². The zero-order valence-corrected chi connectivity index (χ0v) is 9.60. The largest absolute Gasteiger partial charge is 0.314 e. The monoisotopic (exact) mass is 186 g/mol. The molecule has 0 atom stereocenters. The molecule has 0 bridgehead atoms. The third kappa shape index (κ3) is 9.84. The van der Waals surface area contributed by atoms with Crippen LogP contribution in [0.25, 0.3) is 0 Å². The first-order valence-electron chi connectivity index (χ1n) is 5.70. The van der Waals surface area contributed by atoms with Gasteiger partial charge < -0.3 is 10.2 Å². The van der Waals surface area contributed by atoms with E-state index in [-0.39, 0.29) is 0 Å². The SMILES string of the molecule is CCCCCC.CN1CCNCC1. The maximum absolute atomic E-state index is 3.27. The van der Waals surface area contributed by atoms with Crippen LogP contribution >= 0.6 is 0 Å². The van der Waals surface area contributed by atoms with Gasteiger partial charge in [-0.25, -0.2) is 0 Å². The molecule has 0 aliphatic carbocycles. The van der Waals surface area contributed by atoms with Crippen LogP contribution < -0.4 is 5.32 Å². The van der Waals surface area contributed by atoms with Crippen LogP contribution in [-0.4, -0.2) is 38.1 Å². The molecule has 0 unspecified atom stereocenters. The molecule has 0 aromatic rings. The van der Waals surface area contributed by atoms with E-state index < -0.39 is 0 Å². The van der Waals surface area contributed by atoms with Gasteiger partial charge in [-0.15, -0.1) is 0 Å². The van der Waals surface area contributed by atoms with E-state index in [1.165, 1.54) is 38.8 Å². The molecule has 0 aromatic carbocycles. The number of unbranched alkanes of at least 4 members (excludes halogenated alkanes) is 3. The molecule has 1 heterocycles. The Morgan fingerprint density at radius 3 is 1.69 bits per heavy atom. The minimum atomic E-state index is 1.16. The summed E-state index contributed by atoms with van der Waals surface area (Å²) >= 11 is 0. The number of rotatable bonds is 3. The van der Waals surface area contributed by atoms with Gasteiger partial charge in [0.05, 0.1) is 0 Å². The minimum Gasteiger partial charge on any atom is -0.314 e. The Kier molecular flexibility index (Phi) is 9.94. The van der Waals surface area contributed by atoms with Gasteiger partial charge in [-0.05, 0) is 7.05 Å². The van der Waals surface area contributed by atoms with E-state index in [4.69, 9.17) is 0 Å². The van der Waals surface area contributed by atoms with Gasteiger partial charge in [0.25, 0.3) is 0 Å². The molecule has 1 aliphatic heterocycles. The summed E-state index contributed by atoms with van der Waals surface area (Å²) in [5.41, 5.74) is 0. The summed E-state index contributed by atoms with van der Waals surface area (Å²) in [6.07, 6.45) is 5.54. The molecule has 1 rings (SSSR count). The summed E-state index contributed by atoms with van der Waals surface area (Å²) in [6, 6.07) is 0. The van der Waals surface area contributed by atoms with Gasteiger partial charge >= 0.3 is 0 Å². The molecule has 1 aliphatic rings. The number of nitrogens with one attached hydrogen (secondary N) is 1. The maximum atomic E-state index is 3.27. The Morgan fingerprint density at radius 1 is 1.00 bits per heavy atom. The third-order valence-corrected chi connectivity index (χ3v) is 2.30. The zero-order valence-electron chi connectivity index (χ0n) is 9.60. The highest BCUT2D eigenvalue weighted by Crippen LogP contribution is 1.95. The number of piperazine rings is 1. The van der Waals surface area contributed by atoms with Crippen LogP contribution in [0.15, 0.2) is 0 Å². The van der Waals surface area contributed by atoms with E-state index in [2.05, 4.69) is 31.1 Å². The van der Waals surface area contributed by atoms with E-state index in [1.807, 2.05) is 0 Å². The third-order valence-electron chi connectivity index (χ3n) is 2.30. The Bertz CT molecular complexity index is 84.1. The Labute approximate surface area is 83.7 Å². The van der Waals surface area contributed by atoms with Crippen molar-refractivity contribution in [2.45, 2.75) is 39.5 Å². The van der Waals surface area contributed by atoms with Gasteiger partial charge in [-0.1, -0.05) is 39.5 Å². The van der Waals surface area contributed by atoms with Crippen molar-refractivity contribution in [1.82, 2.24) is 10.2 Å². The topological polar surface area (TPSA) is 15.3 Å².